The second-order valence-corrected chi connectivity index (χ2v) is 4.32. The van der Waals surface area contributed by atoms with Gasteiger partial charge in [0, 0.05) is 37.4 Å². The Balaban J connectivity index is 1.65. The van der Waals surface area contributed by atoms with Crippen molar-refractivity contribution < 1.29 is 0 Å². The van der Waals surface area contributed by atoms with Crippen molar-refractivity contribution in [1.29, 1.82) is 0 Å². The fourth-order valence-electron chi connectivity index (χ4n) is 1.95. The Morgan fingerprint density at radius 2 is 2.22 bits per heavy atom. The molecule has 0 atom stereocenters. The molecule has 0 aliphatic carbocycles. The summed E-state index contributed by atoms with van der Waals surface area (Å²) in [4.78, 5) is 8.27. The first-order chi connectivity index (χ1) is 8.90. The van der Waals surface area contributed by atoms with Crippen molar-refractivity contribution in [3.05, 3.63) is 48.3 Å². The zero-order valence-electron chi connectivity index (χ0n) is 10.8. The van der Waals surface area contributed by atoms with Crippen LogP contribution in [0.25, 0.3) is 0 Å². The highest BCUT2D eigenvalue weighted by Gasteiger charge is 1.98. The number of nitrogens with one attached hydrogen (secondary N) is 1. The lowest BCUT2D eigenvalue weighted by molar-refractivity contribution is 0.569. The normalized spacial score (nSPS) is 10.7. The standard InChI is InChI=1S/C14H20N4/c1-2-14-11-17-12-18(14)8-4-7-16-10-13-5-3-6-15-9-13/h3,5-6,9,11-12,16H,2,4,7-8,10H2,1H3. The van der Waals surface area contributed by atoms with E-state index in [0.717, 1.165) is 32.5 Å². The molecule has 0 amide bonds. The lowest BCUT2D eigenvalue weighted by atomic mass is 10.3. The Hall–Kier alpha value is -1.68. The lowest BCUT2D eigenvalue weighted by Crippen LogP contribution is -2.16. The molecule has 0 bridgehead atoms. The van der Waals surface area contributed by atoms with E-state index < -0.39 is 0 Å². The summed E-state index contributed by atoms with van der Waals surface area (Å²) < 4.78 is 2.23. The highest BCUT2D eigenvalue weighted by atomic mass is 15.0. The van der Waals surface area contributed by atoms with Crippen LogP contribution in [0.1, 0.15) is 24.6 Å². The maximum Gasteiger partial charge on any atom is 0.0948 e. The second kappa shape index (κ2) is 6.91. The summed E-state index contributed by atoms with van der Waals surface area (Å²) in [5.41, 5.74) is 2.54. The van der Waals surface area contributed by atoms with Crippen LogP contribution in [0.4, 0.5) is 0 Å². The molecule has 0 unspecified atom stereocenters. The van der Waals surface area contributed by atoms with Crippen LogP contribution in [-0.4, -0.2) is 21.1 Å². The maximum atomic E-state index is 4.17. The number of aryl methyl sites for hydroxylation is 2. The van der Waals surface area contributed by atoms with E-state index >= 15 is 0 Å². The van der Waals surface area contributed by atoms with Gasteiger partial charge in [0.1, 0.15) is 0 Å². The number of rotatable bonds is 7. The van der Waals surface area contributed by atoms with Crippen LogP contribution >= 0.6 is 0 Å². The van der Waals surface area contributed by atoms with Gasteiger partial charge in [0.2, 0.25) is 0 Å². The molecule has 96 valence electrons. The number of hydrogen-bond donors (Lipinski definition) is 1. The Morgan fingerprint density at radius 3 is 3.00 bits per heavy atom. The predicted molar refractivity (Wildman–Crippen MR) is 72.2 cm³/mol. The van der Waals surface area contributed by atoms with E-state index in [2.05, 4.69) is 32.8 Å². The van der Waals surface area contributed by atoms with Gasteiger partial charge in [-0.25, -0.2) is 4.98 Å². The van der Waals surface area contributed by atoms with E-state index in [9.17, 15) is 0 Å². The van der Waals surface area contributed by atoms with Crippen molar-refractivity contribution in [2.24, 2.45) is 0 Å². The monoisotopic (exact) mass is 244 g/mol. The Labute approximate surface area is 108 Å². The van der Waals surface area contributed by atoms with E-state index in [4.69, 9.17) is 0 Å². The van der Waals surface area contributed by atoms with E-state index in [1.165, 1.54) is 11.3 Å². The van der Waals surface area contributed by atoms with Crippen LogP contribution in [0.3, 0.4) is 0 Å². The minimum atomic E-state index is 0.887. The molecule has 0 aliphatic heterocycles. The Morgan fingerprint density at radius 1 is 1.28 bits per heavy atom. The number of aromatic nitrogens is 3. The van der Waals surface area contributed by atoms with Crippen molar-refractivity contribution in [3.63, 3.8) is 0 Å². The summed E-state index contributed by atoms with van der Waals surface area (Å²) in [6, 6.07) is 4.06. The van der Waals surface area contributed by atoms with Crippen molar-refractivity contribution in [1.82, 2.24) is 19.9 Å². The first-order valence-electron chi connectivity index (χ1n) is 6.48. The summed E-state index contributed by atoms with van der Waals surface area (Å²) in [7, 11) is 0. The molecule has 0 saturated heterocycles. The average Bonchev–Trinajstić information content (AvgIpc) is 2.87. The van der Waals surface area contributed by atoms with Crippen LogP contribution in [0, 0.1) is 0 Å². The quantitative estimate of drug-likeness (QED) is 0.758. The summed E-state index contributed by atoms with van der Waals surface area (Å²) in [5.74, 6) is 0. The second-order valence-electron chi connectivity index (χ2n) is 4.32. The molecule has 0 saturated carbocycles. The Kier molecular flexibility index (Phi) is 4.90. The topological polar surface area (TPSA) is 42.7 Å². The smallest absolute Gasteiger partial charge is 0.0948 e. The van der Waals surface area contributed by atoms with Gasteiger partial charge in [0.25, 0.3) is 0 Å². The van der Waals surface area contributed by atoms with Crippen molar-refractivity contribution in [3.8, 4) is 0 Å². The van der Waals surface area contributed by atoms with Gasteiger partial charge in [-0.2, -0.15) is 0 Å². The van der Waals surface area contributed by atoms with E-state index in [0.29, 0.717) is 0 Å². The van der Waals surface area contributed by atoms with E-state index in [1.54, 1.807) is 6.20 Å². The summed E-state index contributed by atoms with van der Waals surface area (Å²) in [6.07, 6.45) is 9.72. The minimum Gasteiger partial charge on any atom is -0.335 e. The molecule has 0 aromatic carbocycles. The highest BCUT2D eigenvalue weighted by molar-refractivity contribution is 5.07. The molecule has 0 aliphatic rings. The van der Waals surface area contributed by atoms with E-state index in [1.807, 2.05) is 24.8 Å². The van der Waals surface area contributed by atoms with Crippen LogP contribution < -0.4 is 5.32 Å². The van der Waals surface area contributed by atoms with Gasteiger partial charge in [-0.05, 0) is 31.0 Å². The van der Waals surface area contributed by atoms with Gasteiger partial charge in [-0.15, -0.1) is 0 Å². The number of nitrogens with zero attached hydrogens (tertiary/aromatic N) is 3. The molecule has 2 aromatic heterocycles. The molecule has 0 spiro atoms. The van der Waals surface area contributed by atoms with Gasteiger partial charge < -0.3 is 9.88 Å². The van der Waals surface area contributed by atoms with Crippen LogP contribution in [0.5, 0.6) is 0 Å². The number of hydrogen-bond acceptors (Lipinski definition) is 3. The predicted octanol–water partition coefficient (Wildman–Crippen LogP) is 2.02. The van der Waals surface area contributed by atoms with Crippen LogP contribution in [0.2, 0.25) is 0 Å². The molecule has 2 rings (SSSR count). The molecule has 4 heteroatoms. The molecule has 4 nitrogen and oxygen atoms in total. The molecule has 2 heterocycles. The van der Waals surface area contributed by atoms with Crippen molar-refractivity contribution in [2.75, 3.05) is 6.54 Å². The number of pyridine rings is 1. The minimum absolute atomic E-state index is 0.887. The molecule has 18 heavy (non-hydrogen) atoms. The third kappa shape index (κ3) is 3.67. The first kappa shape index (κ1) is 12.8. The van der Waals surface area contributed by atoms with Gasteiger partial charge >= 0.3 is 0 Å². The van der Waals surface area contributed by atoms with Gasteiger partial charge in [0.05, 0.1) is 6.33 Å². The SMILES string of the molecule is CCc1cncn1CCCNCc1cccnc1. The summed E-state index contributed by atoms with van der Waals surface area (Å²) >= 11 is 0. The fourth-order valence-corrected chi connectivity index (χ4v) is 1.95. The third-order valence-corrected chi connectivity index (χ3v) is 2.97. The summed E-state index contributed by atoms with van der Waals surface area (Å²) in [6.45, 7) is 5.09. The fraction of sp³-hybridized carbons (Fsp3) is 0.429. The highest BCUT2D eigenvalue weighted by Crippen LogP contribution is 2.01. The van der Waals surface area contributed by atoms with Crippen LogP contribution in [0.15, 0.2) is 37.1 Å². The van der Waals surface area contributed by atoms with Gasteiger partial charge in [0.15, 0.2) is 0 Å². The van der Waals surface area contributed by atoms with Crippen molar-refractivity contribution in [2.45, 2.75) is 32.9 Å². The molecule has 2 aromatic rings. The summed E-state index contributed by atoms with van der Waals surface area (Å²) in [5, 5.41) is 3.43. The molecule has 1 N–H and O–H groups in total. The third-order valence-electron chi connectivity index (χ3n) is 2.97. The van der Waals surface area contributed by atoms with Gasteiger partial charge in [-0.3, -0.25) is 4.98 Å². The Bertz CT molecular complexity index is 450. The number of imidazole rings is 1. The van der Waals surface area contributed by atoms with Crippen molar-refractivity contribution >= 4 is 0 Å². The van der Waals surface area contributed by atoms with Crippen LogP contribution in [-0.2, 0) is 19.5 Å². The largest absolute Gasteiger partial charge is 0.335 e. The van der Waals surface area contributed by atoms with Gasteiger partial charge in [-0.1, -0.05) is 13.0 Å². The van der Waals surface area contributed by atoms with E-state index in [-0.39, 0.29) is 0 Å². The molecule has 0 radical (unpaired) electrons. The lowest BCUT2D eigenvalue weighted by Gasteiger charge is -2.07. The maximum absolute atomic E-state index is 4.17. The molecular formula is C14H20N4. The first-order valence-corrected chi connectivity index (χ1v) is 6.48. The molecule has 0 fully saturated rings. The zero-order chi connectivity index (χ0) is 12.6. The zero-order valence-corrected chi connectivity index (χ0v) is 10.8. The average molecular weight is 244 g/mol. The molecular weight excluding hydrogens is 224 g/mol.